The number of aromatic nitrogens is 2. The van der Waals surface area contributed by atoms with Crippen molar-refractivity contribution in [2.24, 2.45) is 0 Å². The number of hydrogen-bond donors (Lipinski definition) is 1. The molecule has 4 aliphatic heterocycles. The second-order valence-corrected chi connectivity index (χ2v) is 13.4. The molecule has 10 heteroatoms. The summed E-state index contributed by atoms with van der Waals surface area (Å²) in [6.45, 7) is 6.24. The van der Waals surface area contributed by atoms with Crippen LogP contribution >= 0.6 is 0 Å². The van der Waals surface area contributed by atoms with Crippen LogP contribution < -0.4 is 20.8 Å². The van der Waals surface area contributed by atoms with Crippen LogP contribution in [0.5, 0.6) is 5.75 Å². The molecule has 0 aliphatic carbocycles. The van der Waals surface area contributed by atoms with Gasteiger partial charge in [0.15, 0.2) is 5.60 Å². The van der Waals surface area contributed by atoms with E-state index in [0.717, 1.165) is 77.3 Å². The predicted molar refractivity (Wildman–Crippen MR) is 180 cm³/mol. The summed E-state index contributed by atoms with van der Waals surface area (Å²) < 4.78 is 19.1. The molecule has 5 aromatic rings. The highest BCUT2D eigenvalue weighted by Crippen LogP contribution is 2.42. The van der Waals surface area contributed by atoms with Gasteiger partial charge < -0.3 is 28.5 Å². The van der Waals surface area contributed by atoms with Crippen molar-refractivity contribution >= 4 is 33.5 Å². The molecule has 2 aromatic carbocycles. The molecule has 0 amide bonds. The van der Waals surface area contributed by atoms with Crippen LogP contribution in [0.2, 0.25) is 0 Å². The molecule has 0 spiro atoms. The quantitative estimate of drug-likeness (QED) is 0.203. The van der Waals surface area contributed by atoms with Gasteiger partial charge in [0.2, 0.25) is 0 Å². The summed E-state index contributed by atoms with van der Waals surface area (Å²) in [5.74, 6) is -0.0871. The number of carbonyl (C=O) groups excluding carboxylic acids is 1. The standard InChI is InChI=1S/C38H35N3O7/c1-3-23-26-15-22(46-18-21-14-32(42)48-35-24-8-6-12-40-11-5-7-20(34(24)40)13-25(21)35)9-10-30(26)39-33-27(23)17-41-31(33)16-29-28(36(41)43)19-47-37(44)38(29,45)4-2/h9-10,13-16,45H,3-8,11-12,17-19H2,1-2H3/t38-/m0/s1. The molecule has 3 aromatic heterocycles. The number of esters is 1. The van der Waals surface area contributed by atoms with Gasteiger partial charge >= 0.3 is 11.6 Å². The largest absolute Gasteiger partial charge is 0.489 e. The molecule has 10 nitrogen and oxygen atoms in total. The van der Waals surface area contributed by atoms with Gasteiger partial charge in [-0.2, -0.15) is 0 Å². The van der Waals surface area contributed by atoms with Crippen molar-refractivity contribution in [2.45, 2.75) is 77.7 Å². The summed E-state index contributed by atoms with van der Waals surface area (Å²) in [7, 11) is 0. The monoisotopic (exact) mass is 645 g/mol. The number of anilines is 1. The Balaban J connectivity index is 1.10. The van der Waals surface area contributed by atoms with Gasteiger partial charge in [0.1, 0.15) is 24.5 Å². The van der Waals surface area contributed by atoms with Gasteiger partial charge in [-0.3, -0.25) is 4.79 Å². The average Bonchev–Trinajstić information content (AvgIpc) is 3.47. The van der Waals surface area contributed by atoms with E-state index in [0.29, 0.717) is 46.8 Å². The van der Waals surface area contributed by atoms with Crippen LogP contribution in [0.3, 0.4) is 0 Å². The first-order chi connectivity index (χ1) is 23.3. The highest BCUT2D eigenvalue weighted by atomic mass is 16.6. The third kappa shape index (κ3) is 4.08. The van der Waals surface area contributed by atoms with Crippen LogP contribution in [0, 0.1) is 0 Å². The molecule has 0 saturated carbocycles. The maximum absolute atomic E-state index is 13.7. The van der Waals surface area contributed by atoms with Crippen LogP contribution in [-0.4, -0.2) is 33.7 Å². The first kappa shape index (κ1) is 29.2. The number of cyclic esters (lactones) is 1. The Hall–Kier alpha value is -4.96. The number of hydrogen-bond acceptors (Lipinski definition) is 9. The molecule has 0 radical (unpaired) electrons. The Morgan fingerprint density at radius 3 is 2.62 bits per heavy atom. The predicted octanol–water partition coefficient (Wildman–Crippen LogP) is 5.03. The van der Waals surface area contributed by atoms with E-state index in [1.54, 1.807) is 23.6 Å². The van der Waals surface area contributed by atoms with Crippen molar-refractivity contribution in [3.05, 3.63) is 96.1 Å². The third-order valence-electron chi connectivity index (χ3n) is 10.8. The number of rotatable bonds is 5. The molecule has 0 unspecified atom stereocenters. The number of aryl methyl sites for hydroxylation is 3. The van der Waals surface area contributed by atoms with Crippen molar-refractivity contribution < 1.29 is 23.8 Å². The first-order valence-corrected chi connectivity index (χ1v) is 16.9. The Morgan fingerprint density at radius 2 is 1.81 bits per heavy atom. The lowest BCUT2D eigenvalue weighted by atomic mass is 9.86. The molecule has 0 fully saturated rings. The molecule has 48 heavy (non-hydrogen) atoms. The summed E-state index contributed by atoms with van der Waals surface area (Å²) >= 11 is 0. The van der Waals surface area contributed by atoms with Gasteiger partial charge in [-0.15, -0.1) is 0 Å². The van der Waals surface area contributed by atoms with E-state index in [4.69, 9.17) is 18.9 Å². The van der Waals surface area contributed by atoms with Gasteiger partial charge in [-0.05, 0) is 80.0 Å². The molecular weight excluding hydrogens is 610 g/mol. The topological polar surface area (TPSA) is 124 Å². The Kier molecular flexibility index (Phi) is 6.40. The maximum atomic E-state index is 13.7. The highest BCUT2D eigenvalue weighted by Gasteiger charge is 2.45. The van der Waals surface area contributed by atoms with Gasteiger partial charge in [0.05, 0.1) is 29.0 Å². The van der Waals surface area contributed by atoms with Gasteiger partial charge in [0, 0.05) is 57.9 Å². The first-order valence-electron chi connectivity index (χ1n) is 16.9. The van der Waals surface area contributed by atoms with Crippen LogP contribution in [0.1, 0.15) is 72.1 Å². The number of carbonyl (C=O) groups is 1. The number of ether oxygens (including phenoxy) is 2. The fourth-order valence-corrected chi connectivity index (χ4v) is 8.45. The van der Waals surface area contributed by atoms with Crippen molar-refractivity contribution in [3.8, 4) is 17.1 Å². The zero-order valence-electron chi connectivity index (χ0n) is 27.0. The molecule has 9 rings (SSSR count). The van der Waals surface area contributed by atoms with Crippen molar-refractivity contribution in [1.82, 2.24) is 9.55 Å². The molecule has 1 N–H and O–H groups in total. The van der Waals surface area contributed by atoms with E-state index < -0.39 is 11.6 Å². The van der Waals surface area contributed by atoms with E-state index in [1.807, 2.05) is 18.2 Å². The summed E-state index contributed by atoms with van der Waals surface area (Å²) in [6, 6.07) is 11.2. The zero-order chi connectivity index (χ0) is 32.9. The van der Waals surface area contributed by atoms with Crippen molar-refractivity contribution in [3.63, 3.8) is 0 Å². The lowest BCUT2D eigenvalue weighted by molar-refractivity contribution is -0.172. The molecule has 0 saturated heterocycles. The van der Waals surface area contributed by atoms with Crippen molar-refractivity contribution in [1.29, 1.82) is 0 Å². The van der Waals surface area contributed by atoms with E-state index in [1.165, 1.54) is 11.3 Å². The van der Waals surface area contributed by atoms with Crippen LogP contribution in [0.15, 0.2) is 50.4 Å². The van der Waals surface area contributed by atoms with E-state index >= 15 is 0 Å². The summed E-state index contributed by atoms with van der Waals surface area (Å²) in [4.78, 5) is 46.5. The molecule has 4 aliphatic rings. The normalized spacial score (nSPS) is 19.1. The minimum absolute atomic E-state index is 0.0916. The SMILES string of the molecule is CCc1c2c(nc3ccc(OCc4cc(=O)oc5c6c7c(cc45)CCCN7CCC6)cc13)-c1cc3c(c(=O)n1C2)COC(=O)[C@]3(O)CC. The fraction of sp³-hybridized carbons (Fsp3) is 0.368. The fourth-order valence-electron chi connectivity index (χ4n) is 8.45. The number of fused-ring (bicyclic) bond motifs is 7. The van der Waals surface area contributed by atoms with E-state index in [9.17, 15) is 19.5 Å². The highest BCUT2D eigenvalue weighted by molar-refractivity contribution is 5.91. The van der Waals surface area contributed by atoms with Crippen LogP contribution in [-0.2, 0) is 54.2 Å². The van der Waals surface area contributed by atoms with Crippen molar-refractivity contribution in [2.75, 3.05) is 18.0 Å². The summed E-state index contributed by atoms with van der Waals surface area (Å²) in [5.41, 5.74) is 7.31. The lowest BCUT2D eigenvalue weighted by Crippen LogP contribution is -2.44. The summed E-state index contributed by atoms with van der Waals surface area (Å²) in [5, 5.41) is 13.1. The van der Waals surface area contributed by atoms with Crippen LogP contribution in [0.4, 0.5) is 5.69 Å². The van der Waals surface area contributed by atoms with Crippen LogP contribution in [0.25, 0.3) is 33.3 Å². The van der Waals surface area contributed by atoms with E-state index in [-0.39, 0.29) is 30.8 Å². The molecule has 7 heterocycles. The summed E-state index contributed by atoms with van der Waals surface area (Å²) in [6.07, 6.45) is 4.86. The molecular formula is C38H35N3O7. The minimum Gasteiger partial charge on any atom is -0.489 e. The Labute approximate surface area is 275 Å². The second-order valence-electron chi connectivity index (χ2n) is 13.4. The van der Waals surface area contributed by atoms with E-state index in [2.05, 4.69) is 17.9 Å². The van der Waals surface area contributed by atoms with Gasteiger partial charge in [-0.25, -0.2) is 14.6 Å². The number of pyridine rings is 2. The van der Waals surface area contributed by atoms with Gasteiger partial charge in [0.25, 0.3) is 5.56 Å². The molecule has 0 bridgehead atoms. The Bertz CT molecular complexity index is 2350. The lowest BCUT2D eigenvalue weighted by Gasteiger charge is -2.37. The smallest absolute Gasteiger partial charge is 0.343 e. The average molecular weight is 646 g/mol. The minimum atomic E-state index is -1.87. The number of benzene rings is 2. The number of aliphatic hydroxyl groups is 1. The number of nitrogens with zero attached hydrogens (tertiary/aromatic N) is 3. The second kappa shape index (κ2) is 10.5. The maximum Gasteiger partial charge on any atom is 0.343 e. The zero-order valence-corrected chi connectivity index (χ0v) is 27.0. The Morgan fingerprint density at radius 1 is 0.979 bits per heavy atom. The molecule has 1 atom stereocenters. The van der Waals surface area contributed by atoms with Gasteiger partial charge in [-0.1, -0.05) is 13.8 Å². The molecule has 244 valence electrons. The third-order valence-corrected chi connectivity index (χ3v) is 10.8.